The number of carbonyl (C=O) groups is 1. The number of hydrogen-bond acceptors (Lipinski definition) is 5. The van der Waals surface area contributed by atoms with Crippen molar-refractivity contribution in [1.82, 2.24) is 15.1 Å². The molecule has 2 aromatic carbocycles. The molecule has 3 atom stereocenters. The van der Waals surface area contributed by atoms with Crippen LogP contribution in [0.3, 0.4) is 0 Å². The van der Waals surface area contributed by atoms with Crippen LogP contribution >= 0.6 is 12.4 Å². The number of benzene rings is 2. The van der Waals surface area contributed by atoms with Crippen LogP contribution in [0, 0.1) is 11.8 Å². The maximum absolute atomic E-state index is 12.0. The highest BCUT2D eigenvalue weighted by atomic mass is 35.5. The molecule has 4 rings (SSSR count). The summed E-state index contributed by atoms with van der Waals surface area (Å²) in [6.07, 6.45) is 0.000596. The summed E-state index contributed by atoms with van der Waals surface area (Å²) >= 11 is 0. The van der Waals surface area contributed by atoms with Crippen LogP contribution in [0.5, 0.6) is 0 Å². The Morgan fingerprint density at radius 3 is 2.12 bits per heavy atom. The molecule has 3 N–H and O–H groups in total. The van der Waals surface area contributed by atoms with Crippen molar-refractivity contribution < 1.29 is 22.6 Å². The Morgan fingerprint density at radius 1 is 1.00 bits per heavy atom. The first-order valence-electron chi connectivity index (χ1n) is 17.5. The third-order valence-corrected chi connectivity index (χ3v) is 5.16. The van der Waals surface area contributed by atoms with E-state index in [1.807, 2.05) is 35.6 Å². The number of likely N-dealkylation sites (tertiary alicyclic amines) is 2. The summed E-state index contributed by atoms with van der Waals surface area (Å²) in [5.74, 6) is -4.58. The topological polar surface area (TPSA) is 61.6 Å². The average Bonchev–Trinajstić information content (AvgIpc) is 2.96. The van der Waals surface area contributed by atoms with Crippen LogP contribution in [-0.4, -0.2) is 61.7 Å². The number of nitrogens with zero attached hydrogens (tertiary/aromatic N) is 2. The fourth-order valence-corrected chi connectivity index (χ4v) is 3.31. The molecular weight excluding hydrogens is 444 g/mol. The van der Waals surface area contributed by atoms with Gasteiger partial charge in [0, 0.05) is 46.6 Å². The van der Waals surface area contributed by atoms with Gasteiger partial charge in [0.2, 0.25) is 0 Å². The van der Waals surface area contributed by atoms with Gasteiger partial charge >= 0.3 is 0 Å². The lowest BCUT2D eigenvalue weighted by Gasteiger charge is -2.37. The van der Waals surface area contributed by atoms with Gasteiger partial charge in [-0.2, -0.15) is 0 Å². The minimum absolute atomic E-state index is 0. The highest BCUT2D eigenvalue weighted by Crippen LogP contribution is 2.19. The van der Waals surface area contributed by atoms with Gasteiger partial charge in [0.1, 0.15) is 5.78 Å². The van der Waals surface area contributed by atoms with E-state index in [9.17, 15) is 4.79 Å². The summed E-state index contributed by atoms with van der Waals surface area (Å²) in [6, 6.07) is 15.4. The van der Waals surface area contributed by atoms with Crippen molar-refractivity contribution in [2.45, 2.75) is 45.7 Å². The highest BCUT2D eigenvalue weighted by Gasteiger charge is 2.24. The average molecular weight is 502 g/mol. The Hall–Kier alpha value is -1.76. The molecule has 2 heterocycles. The van der Waals surface area contributed by atoms with Gasteiger partial charge in [-0.1, -0.05) is 74.4 Å². The Balaban J connectivity index is 0.000000461. The number of nitrogens with one attached hydrogen (secondary N) is 1. The Kier molecular flexibility index (Phi) is 7.60. The van der Waals surface area contributed by atoms with Gasteiger partial charge in [-0.25, -0.2) is 0 Å². The molecule has 0 spiro atoms. The van der Waals surface area contributed by atoms with Crippen LogP contribution in [0.25, 0.3) is 0 Å². The number of likely N-dealkylation sites (N-methyl/N-ethyl adjacent to an activating group) is 1. The van der Waals surface area contributed by atoms with E-state index in [0.717, 1.165) is 11.1 Å². The van der Waals surface area contributed by atoms with Gasteiger partial charge in [0.25, 0.3) is 0 Å². The van der Waals surface area contributed by atoms with E-state index in [1.165, 1.54) is 23.8 Å². The zero-order valence-corrected chi connectivity index (χ0v) is 20.6. The molecule has 2 aliphatic rings. The molecule has 6 heteroatoms. The Morgan fingerprint density at radius 2 is 1.56 bits per heavy atom. The summed E-state index contributed by atoms with van der Waals surface area (Å²) in [5, 5.41) is 1.84. The Bertz CT molecular complexity index is 1280. The molecule has 190 valence electrons. The first-order valence-corrected chi connectivity index (χ1v) is 11.0. The van der Waals surface area contributed by atoms with E-state index < -0.39 is 50.4 Å². The maximum atomic E-state index is 12.0. The first kappa shape index (κ1) is 15.4. The lowest BCUT2D eigenvalue weighted by molar-refractivity contribution is -0.126. The SMILES string of the molecule is CN.Cl.[2H]C([2H])([2H])NC1([2H])C([2H])([2H])N(Cc2ccccc2)CCC1([2H])C([2H])([2H])[2H].[2H]C1(C)CCN(Cc2ccccc2)C([2H])([2H])C1=O. The molecule has 0 aromatic heterocycles. The predicted molar refractivity (Wildman–Crippen MR) is 146 cm³/mol. The third kappa shape index (κ3) is 10.2. The van der Waals surface area contributed by atoms with E-state index in [2.05, 4.69) is 5.73 Å². The van der Waals surface area contributed by atoms with Crippen LogP contribution in [0.15, 0.2) is 60.7 Å². The van der Waals surface area contributed by atoms with Gasteiger partial charge < -0.3 is 11.1 Å². The van der Waals surface area contributed by atoms with E-state index >= 15 is 0 Å². The molecule has 2 aliphatic heterocycles. The number of rotatable bonds is 5. The summed E-state index contributed by atoms with van der Waals surface area (Å²) in [6.45, 7) is -8.50. The largest absolute Gasteiger partial charge is 0.333 e. The second-order valence-electron chi connectivity index (χ2n) is 7.63. The molecule has 5 nitrogen and oxygen atoms in total. The van der Waals surface area contributed by atoms with Gasteiger partial charge in [-0.05, 0) is 57.0 Å². The van der Waals surface area contributed by atoms with Crippen LogP contribution in [0.1, 0.15) is 55.6 Å². The number of ketones is 1. The van der Waals surface area contributed by atoms with Crippen molar-refractivity contribution in [1.29, 1.82) is 0 Å². The summed E-state index contributed by atoms with van der Waals surface area (Å²) in [7, 11) is 1.50. The smallest absolute Gasteiger partial charge is 0.149 e. The number of Topliss-reactive ketones (excluding diaryl/α,β-unsaturated/α-hetero) is 1. The number of carbonyl (C=O) groups excluding carboxylic acids is 1. The van der Waals surface area contributed by atoms with Gasteiger partial charge in [0.05, 0.1) is 9.24 Å². The van der Waals surface area contributed by atoms with E-state index in [1.54, 1.807) is 30.3 Å². The van der Waals surface area contributed by atoms with Crippen LogP contribution in [0.4, 0.5) is 0 Å². The van der Waals surface area contributed by atoms with Gasteiger partial charge in [-0.15, -0.1) is 12.4 Å². The van der Waals surface area contributed by atoms with E-state index in [0.29, 0.717) is 19.5 Å². The Labute approximate surface area is 231 Å². The second-order valence-corrected chi connectivity index (χ2v) is 7.63. The van der Waals surface area contributed by atoms with Crippen molar-refractivity contribution in [3.05, 3.63) is 71.8 Å². The van der Waals surface area contributed by atoms with Crippen molar-refractivity contribution >= 4 is 18.2 Å². The van der Waals surface area contributed by atoms with Crippen LogP contribution < -0.4 is 11.1 Å². The molecule has 0 bridgehead atoms. The monoisotopic (exact) mass is 501 g/mol. The normalized spacial score (nSPS) is 38.8. The fourth-order valence-electron chi connectivity index (χ4n) is 3.31. The summed E-state index contributed by atoms with van der Waals surface area (Å²) in [5.41, 5.74) is 6.21. The van der Waals surface area contributed by atoms with Crippen molar-refractivity contribution in [3.8, 4) is 0 Å². The molecule has 34 heavy (non-hydrogen) atoms. The van der Waals surface area contributed by atoms with Gasteiger partial charge in [0.15, 0.2) is 0 Å². The number of piperidine rings is 2. The standard InChI is InChI=1S/C14H22N2.C13H17NO.CH5N.ClH/c1-12-8-9-16(11-14(12)15-2)10-13-6-4-3-5-7-13;1-11-7-8-14(10-13(11)15)9-12-5-3-2-4-6-12;1-2;/h3-7,12,14-15H,8-11H2,1-2H3;2-6,11H,7-10H2,1H3;2H2,1H3;1H/i1D3,2D3,11D2,12D,14D;10D2,11D;;. The minimum atomic E-state index is -3.04. The number of nitrogens with two attached hydrogens (primary N) is 1. The summed E-state index contributed by atoms with van der Waals surface area (Å²) < 4.78 is 103. The third-order valence-electron chi connectivity index (χ3n) is 5.16. The predicted octanol–water partition coefficient (Wildman–Crippen LogP) is 4.21. The molecule has 2 aromatic rings. The quantitative estimate of drug-likeness (QED) is 0.642. The van der Waals surface area contributed by atoms with Crippen LogP contribution in [0.2, 0.25) is 0 Å². The van der Waals surface area contributed by atoms with Crippen LogP contribution in [-0.2, 0) is 17.9 Å². The first-order chi connectivity index (χ1) is 21.0. The van der Waals surface area contributed by atoms with Crippen molar-refractivity contribution in [2.24, 2.45) is 17.5 Å². The molecule has 0 saturated carbocycles. The maximum Gasteiger partial charge on any atom is 0.149 e. The second kappa shape index (κ2) is 16.8. The van der Waals surface area contributed by atoms with E-state index in [4.69, 9.17) is 17.8 Å². The molecule has 0 amide bonds. The molecule has 0 aliphatic carbocycles. The summed E-state index contributed by atoms with van der Waals surface area (Å²) in [4.78, 5) is 14.7. The molecule has 0 radical (unpaired) electrons. The van der Waals surface area contributed by atoms with Gasteiger partial charge in [-0.3, -0.25) is 14.6 Å². The number of halogens is 1. The van der Waals surface area contributed by atoms with Crippen molar-refractivity contribution in [3.63, 3.8) is 0 Å². The molecule has 2 fully saturated rings. The molecular formula is C28H45ClN4O. The zero-order chi connectivity index (χ0) is 35.4. The lowest BCUT2D eigenvalue weighted by atomic mass is 9.93. The van der Waals surface area contributed by atoms with Crippen molar-refractivity contribution in [2.75, 3.05) is 40.1 Å². The highest BCUT2D eigenvalue weighted by molar-refractivity contribution is 5.85. The lowest BCUT2D eigenvalue weighted by Crippen LogP contribution is -2.48. The molecule has 2 saturated heterocycles. The zero-order valence-electron chi connectivity index (χ0n) is 32.8. The fraction of sp³-hybridized carbons (Fsp3) is 0.536. The molecule has 3 unspecified atom stereocenters. The minimum Gasteiger partial charge on any atom is -0.333 e. The number of hydrogen-bond donors (Lipinski definition) is 2. The van der Waals surface area contributed by atoms with E-state index in [-0.39, 0.29) is 31.9 Å².